The van der Waals surface area contributed by atoms with E-state index in [1.165, 1.54) is 26.8 Å². The maximum Gasteiger partial charge on any atom is 0.197 e. The van der Waals surface area contributed by atoms with E-state index in [-0.39, 0.29) is 34.6 Å². The van der Waals surface area contributed by atoms with Crippen LogP contribution in [-0.2, 0) is 0 Å². The average molecular weight is 206 g/mol. The molecule has 0 atom stereocenters. The SMILES string of the molecule is CC(=O)c1cc(C(C)=O)nc(C(C)=O)n1. The Labute approximate surface area is 86.5 Å². The normalized spacial score (nSPS) is 9.80. The molecule has 0 bridgehead atoms. The van der Waals surface area contributed by atoms with Gasteiger partial charge in [0, 0.05) is 20.8 Å². The van der Waals surface area contributed by atoms with Crippen LogP contribution < -0.4 is 0 Å². The van der Waals surface area contributed by atoms with Crippen LogP contribution in [0.5, 0.6) is 0 Å². The Morgan fingerprint density at radius 3 is 1.53 bits per heavy atom. The summed E-state index contributed by atoms with van der Waals surface area (Å²) >= 11 is 0. The highest BCUT2D eigenvalue weighted by atomic mass is 16.1. The van der Waals surface area contributed by atoms with Gasteiger partial charge in [0.15, 0.2) is 23.2 Å². The van der Waals surface area contributed by atoms with E-state index in [2.05, 4.69) is 9.97 Å². The minimum absolute atomic E-state index is 0.0837. The molecule has 0 unspecified atom stereocenters. The molecule has 78 valence electrons. The van der Waals surface area contributed by atoms with Gasteiger partial charge in [-0.25, -0.2) is 9.97 Å². The highest BCUT2D eigenvalue weighted by Gasteiger charge is 2.13. The van der Waals surface area contributed by atoms with E-state index in [1.54, 1.807) is 0 Å². The Kier molecular flexibility index (Phi) is 3.04. The van der Waals surface area contributed by atoms with Crippen molar-refractivity contribution in [3.8, 4) is 0 Å². The minimum atomic E-state index is -0.374. The van der Waals surface area contributed by atoms with Crippen molar-refractivity contribution in [2.75, 3.05) is 0 Å². The molecule has 0 saturated carbocycles. The van der Waals surface area contributed by atoms with Crippen LogP contribution in [0.2, 0.25) is 0 Å². The standard InChI is InChI=1S/C10H10N2O3/c1-5(13)8-4-9(6(2)14)12-10(11-8)7(3)15/h4H,1-3H3. The van der Waals surface area contributed by atoms with Gasteiger partial charge in [-0.15, -0.1) is 0 Å². The van der Waals surface area contributed by atoms with Crippen molar-refractivity contribution in [3.63, 3.8) is 0 Å². The monoisotopic (exact) mass is 206 g/mol. The molecule has 15 heavy (non-hydrogen) atoms. The van der Waals surface area contributed by atoms with Crippen molar-refractivity contribution in [2.45, 2.75) is 20.8 Å². The van der Waals surface area contributed by atoms with E-state index in [0.717, 1.165) is 0 Å². The predicted octanol–water partition coefficient (Wildman–Crippen LogP) is 1.08. The fraction of sp³-hybridized carbons (Fsp3) is 0.300. The number of hydrogen-bond acceptors (Lipinski definition) is 5. The highest BCUT2D eigenvalue weighted by molar-refractivity contribution is 5.99. The lowest BCUT2D eigenvalue weighted by Crippen LogP contribution is -2.11. The van der Waals surface area contributed by atoms with Gasteiger partial charge < -0.3 is 0 Å². The zero-order valence-electron chi connectivity index (χ0n) is 8.70. The van der Waals surface area contributed by atoms with E-state index in [4.69, 9.17) is 0 Å². The van der Waals surface area contributed by atoms with E-state index in [0.29, 0.717) is 0 Å². The first-order valence-corrected chi connectivity index (χ1v) is 4.33. The molecule has 1 rings (SSSR count). The van der Waals surface area contributed by atoms with Crippen LogP contribution in [-0.4, -0.2) is 27.3 Å². The maximum absolute atomic E-state index is 11.1. The molecule has 0 aliphatic rings. The lowest BCUT2D eigenvalue weighted by molar-refractivity contribution is 0.0999. The number of rotatable bonds is 3. The molecular weight excluding hydrogens is 196 g/mol. The lowest BCUT2D eigenvalue weighted by atomic mass is 10.2. The highest BCUT2D eigenvalue weighted by Crippen LogP contribution is 2.04. The number of nitrogens with zero attached hydrogens (tertiary/aromatic N) is 2. The number of hydrogen-bond donors (Lipinski definition) is 0. The Morgan fingerprint density at radius 2 is 1.27 bits per heavy atom. The lowest BCUT2D eigenvalue weighted by Gasteiger charge is -2.01. The Bertz CT molecular complexity index is 373. The maximum atomic E-state index is 11.1. The molecule has 0 saturated heterocycles. The van der Waals surface area contributed by atoms with Crippen molar-refractivity contribution in [2.24, 2.45) is 0 Å². The van der Waals surface area contributed by atoms with Gasteiger partial charge in [0.25, 0.3) is 0 Å². The Balaban J connectivity index is 3.39. The van der Waals surface area contributed by atoms with Crippen LogP contribution in [0.25, 0.3) is 0 Å². The van der Waals surface area contributed by atoms with Gasteiger partial charge >= 0.3 is 0 Å². The summed E-state index contributed by atoms with van der Waals surface area (Å²) in [6.45, 7) is 3.91. The second kappa shape index (κ2) is 4.08. The quantitative estimate of drug-likeness (QED) is 0.691. The molecule has 0 N–H and O–H groups in total. The summed E-state index contributed by atoms with van der Waals surface area (Å²) in [6, 6.07) is 1.29. The van der Waals surface area contributed by atoms with Crippen LogP contribution >= 0.6 is 0 Å². The van der Waals surface area contributed by atoms with E-state index in [1.807, 2.05) is 0 Å². The molecule has 1 aromatic heterocycles. The van der Waals surface area contributed by atoms with Crippen LogP contribution in [0.15, 0.2) is 6.07 Å². The van der Waals surface area contributed by atoms with Crippen LogP contribution in [0.3, 0.4) is 0 Å². The summed E-state index contributed by atoms with van der Waals surface area (Å²) < 4.78 is 0. The van der Waals surface area contributed by atoms with Gasteiger partial charge in [-0.1, -0.05) is 0 Å². The first kappa shape index (κ1) is 11.2. The summed E-state index contributed by atoms with van der Waals surface area (Å²) in [5.74, 6) is -1.08. The summed E-state index contributed by atoms with van der Waals surface area (Å²) in [6.07, 6.45) is 0. The number of carbonyl (C=O) groups excluding carboxylic acids is 3. The molecule has 0 aromatic carbocycles. The molecule has 5 heteroatoms. The second-order valence-electron chi connectivity index (χ2n) is 3.13. The molecule has 0 spiro atoms. The van der Waals surface area contributed by atoms with Gasteiger partial charge in [0.05, 0.1) is 0 Å². The van der Waals surface area contributed by atoms with Crippen molar-refractivity contribution >= 4 is 17.3 Å². The van der Waals surface area contributed by atoms with Gasteiger partial charge in [-0.2, -0.15) is 0 Å². The first-order chi connectivity index (χ1) is 6.91. The van der Waals surface area contributed by atoms with Crippen LogP contribution in [0.4, 0.5) is 0 Å². The largest absolute Gasteiger partial charge is 0.293 e. The minimum Gasteiger partial charge on any atom is -0.293 e. The summed E-state index contributed by atoms with van der Waals surface area (Å²) in [5, 5.41) is 0. The van der Waals surface area contributed by atoms with E-state index < -0.39 is 0 Å². The summed E-state index contributed by atoms with van der Waals surface area (Å²) in [5.41, 5.74) is 0.167. The van der Waals surface area contributed by atoms with Crippen molar-refractivity contribution in [1.29, 1.82) is 0 Å². The van der Waals surface area contributed by atoms with Crippen LogP contribution in [0, 0.1) is 0 Å². The second-order valence-corrected chi connectivity index (χ2v) is 3.13. The summed E-state index contributed by atoms with van der Waals surface area (Å²) in [7, 11) is 0. The number of aromatic nitrogens is 2. The molecule has 0 aliphatic heterocycles. The molecule has 0 aliphatic carbocycles. The fourth-order valence-electron chi connectivity index (χ4n) is 0.965. The van der Waals surface area contributed by atoms with Gasteiger partial charge in [0.2, 0.25) is 0 Å². The molecule has 1 heterocycles. The topological polar surface area (TPSA) is 77.0 Å². The van der Waals surface area contributed by atoms with Gasteiger partial charge in [0.1, 0.15) is 11.4 Å². The third-order valence-corrected chi connectivity index (χ3v) is 1.76. The number of carbonyl (C=O) groups is 3. The Morgan fingerprint density at radius 1 is 0.867 bits per heavy atom. The third-order valence-electron chi connectivity index (χ3n) is 1.76. The molecular formula is C10H10N2O3. The average Bonchev–Trinajstić information content (AvgIpc) is 2.16. The first-order valence-electron chi connectivity index (χ1n) is 4.33. The molecule has 5 nitrogen and oxygen atoms in total. The number of ketones is 3. The zero-order chi connectivity index (χ0) is 11.6. The van der Waals surface area contributed by atoms with E-state index in [9.17, 15) is 14.4 Å². The van der Waals surface area contributed by atoms with Crippen molar-refractivity contribution < 1.29 is 14.4 Å². The fourth-order valence-corrected chi connectivity index (χ4v) is 0.965. The van der Waals surface area contributed by atoms with Crippen molar-refractivity contribution in [1.82, 2.24) is 9.97 Å². The zero-order valence-corrected chi connectivity index (χ0v) is 8.70. The van der Waals surface area contributed by atoms with E-state index >= 15 is 0 Å². The summed E-state index contributed by atoms with van der Waals surface area (Å²) in [4.78, 5) is 40.7. The molecule has 1 aromatic rings. The smallest absolute Gasteiger partial charge is 0.197 e. The number of Topliss-reactive ketones (excluding diaryl/α,β-unsaturated/α-hetero) is 3. The molecule has 0 radical (unpaired) electrons. The molecule has 0 amide bonds. The van der Waals surface area contributed by atoms with Gasteiger partial charge in [-0.05, 0) is 6.07 Å². The van der Waals surface area contributed by atoms with Crippen molar-refractivity contribution in [3.05, 3.63) is 23.3 Å². The molecule has 0 fully saturated rings. The third kappa shape index (κ3) is 2.52. The van der Waals surface area contributed by atoms with Crippen LogP contribution in [0.1, 0.15) is 52.4 Å². The Hall–Kier alpha value is -1.91. The predicted molar refractivity (Wildman–Crippen MR) is 52.0 cm³/mol. The van der Waals surface area contributed by atoms with Gasteiger partial charge in [-0.3, -0.25) is 14.4 Å².